The Morgan fingerprint density at radius 3 is 2.79 bits per heavy atom. The van der Waals surface area contributed by atoms with Crippen molar-refractivity contribution in [3.8, 4) is 0 Å². The van der Waals surface area contributed by atoms with Crippen LogP contribution >= 0.6 is 11.8 Å². The third-order valence-corrected chi connectivity index (χ3v) is 4.91. The second-order valence-corrected chi connectivity index (χ2v) is 5.92. The van der Waals surface area contributed by atoms with Crippen molar-refractivity contribution in [2.45, 2.75) is 38.1 Å². The maximum atomic E-state index is 9.03. The molecule has 1 aliphatic carbocycles. The lowest BCUT2D eigenvalue weighted by atomic mass is 9.66. The van der Waals surface area contributed by atoms with E-state index < -0.39 is 0 Å². The Labute approximate surface area is 90.8 Å². The van der Waals surface area contributed by atoms with Gasteiger partial charge in [0.15, 0.2) is 0 Å². The van der Waals surface area contributed by atoms with Gasteiger partial charge in [0.2, 0.25) is 0 Å². The third kappa shape index (κ3) is 2.44. The smallest absolute Gasteiger partial charge is 0.0436 e. The van der Waals surface area contributed by atoms with Crippen LogP contribution in [0.2, 0.25) is 0 Å². The minimum Gasteiger partial charge on any atom is -0.396 e. The summed E-state index contributed by atoms with van der Waals surface area (Å²) in [5.74, 6) is 2.61. The van der Waals surface area contributed by atoms with Crippen molar-refractivity contribution in [2.24, 2.45) is 5.41 Å². The summed E-state index contributed by atoms with van der Waals surface area (Å²) in [4.78, 5) is 0. The number of aliphatic hydroxyl groups is 1. The number of thioether (sulfide) groups is 1. The molecule has 3 heteroatoms. The minimum absolute atomic E-state index is 0.362. The van der Waals surface area contributed by atoms with Crippen LogP contribution in [0, 0.1) is 5.41 Å². The van der Waals surface area contributed by atoms with Gasteiger partial charge < -0.3 is 10.4 Å². The number of hydrogen-bond donors (Lipinski definition) is 2. The Morgan fingerprint density at radius 2 is 2.29 bits per heavy atom. The minimum atomic E-state index is 0.362. The van der Waals surface area contributed by atoms with Crippen LogP contribution in [0.5, 0.6) is 0 Å². The molecule has 2 fully saturated rings. The zero-order valence-electron chi connectivity index (χ0n) is 8.80. The van der Waals surface area contributed by atoms with E-state index in [0.717, 1.165) is 19.0 Å². The molecular formula is C11H21NOS. The first-order valence-electron chi connectivity index (χ1n) is 5.77. The molecule has 0 bridgehead atoms. The molecule has 1 saturated heterocycles. The lowest BCUT2D eigenvalue weighted by molar-refractivity contribution is 0.0836. The van der Waals surface area contributed by atoms with Gasteiger partial charge in [-0.15, -0.1) is 0 Å². The van der Waals surface area contributed by atoms with E-state index in [-0.39, 0.29) is 0 Å². The first-order valence-corrected chi connectivity index (χ1v) is 6.92. The monoisotopic (exact) mass is 215 g/mol. The van der Waals surface area contributed by atoms with Crippen molar-refractivity contribution in [3.63, 3.8) is 0 Å². The molecule has 1 unspecified atom stereocenters. The molecule has 0 radical (unpaired) electrons. The molecule has 0 aromatic rings. The number of hydrogen-bond acceptors (Lipinski definition) is 3. The third-order valence-electron chi connectivity index (χ3n) is 3.75. The lowest BCUT2D eigenvalue weighted by Crippen LogP contribution is -2.44. The molecule has 0 spiro atoms. The fraction of sp³-hybridized carbons (Fsp3) is 1.00. The van der Waals surface area contributed by atoms with Crippen molar-refractivity contribution in [2.75, 3.05) is 24.7 Å². The van der Waals surface area contributed by atoms with Crippen LogP contribution in [-0.4, -0.2) is 35.8 Å². The van der Waals surface area contributed by atoms with E-state index in [4.69, 9.17) is 5.11 Å². The van der Waals surface area contributed by atoms with E-state index in [2.05, 4.69) is 17.1 Å². The highest BCUT2D eigenvalue weighted by atomic mass is 32.2. The maximum absolute atomic E-state index is 9.03. The Kier molecular flexibility index (Phi) is 3.74. The van der Waals surface area contributed by atoms with E-state index in [9.17, 15) is 0 Å². The first-order chi connectivity index (χ1) is 6.85. The molecule has 2 nitrogen and oxygen atoms in total. The largest absolute Gasteiger partial charge is 0.396 e. The van der Waals surface area contributed by atoms with Crippen LogP contribution in [0.15, 0.2) is 0 Å². The standard InChI is InChI=1S/C11H21NOS/c13-6-5-11(3-1-4-11)9-12-10-2-7-14-8-10/h10,12-13H,1-9H2. The van der Waals surface area contributed by atoms with Gasteiger partial charge in [0.05, 0.1) is 0 Å². The van der Waals surface area contributed by atoms with E-state index >= 15 is 0 Å². The summed E-state index contributed by atoms with van der Waals surface area (Å²) in [6.07, 6.45) is 6.33. The molecule has 14 heavy (non-hydrogen) atoms. The molecule has 1 saturated carbocycles. The van der Waals surface area contributed by atoms with Gasteiger partial charge in [-0.25, -0.2) is 0 Å². The van der Waals surface area contributed by atoms with Gasteiger partial charge in [-0.2, -0.15) is 11.8 Å². The van der Waals surface area contributed by atoms with Crippen molar-refractivity contribution in [1.29, 1.82) is 0 Å². The Balaban J connectivity index is 1.71. The molecule has 2 N–H and O–H groups in total. The van der Waals surface area contributed by atoms with Gasteiger partial charge in [0.1, 0.15) is 0 Å². The Morgan fingerprint density at radius 1 is 1.43 bits per heavy atom. The van der Waals surface area contributed by atoms with Gasteiger partial charge in [0, 0.05) is 24.9 Å². The average molecular weight is 215 g/mol. The lowest BCUT2D eigenvalue weighted by Gasteiger charge is -2.42. The normalized spacial score (nSPS) is 30.2. The number of aliphatic hydroxyl groups excluding tert-OH is 1. The van der Waals surface area contributed by atoms with E-state index in [1.54, 1.807) is 0 Å². The summed E-state index contributed by atoms with van der Waals surface area (Å²) in [6.45, 7) is 1.50. The summed E-state index contributed by atoms with van der Waals surface area (Å²) >= 11 is 2.06. The fourth-order valence-electron chi connectivity index (χ4n) is 2.49. The summed E-state index contributed by atoms with van der Waals surface area (Å²) in [6, 6.07) is 0.746. The van der Waals surface area contributed by atoms with Crippen molar-refractivity contribution < 1.29 is 5.11 Å². The first kappa shape index (κ1) is 10.8. The Bertz CT molecular complexity index is 176. The van der Waals surface area contributed by atoms with E-state index in [0.29, 0.717) is 12.0 Å². The number of nitrogens with one attached hydrogen (secondary N) is 1. The van der Waals surface area contributed by atoms with Gasteiger partial charge in [-0.05, 0) is 36.9 Å². The predicted octanol–water partition coefficient (Wildman–Crippen LogP) is 1.63. The molecule has 1 heterocycles. The summed E-state index contributed by atoms with van der Waals surface area (Å²) in [5, 5.41) is 12.7. The van der Waals surface area contributed by atoms with Crippen molar-refractivity contribution in [1.82, 2.24) is 5.32 Å². The van der Waals surface area contributed by atoms with E-state index in [1.165, 1.54) is 37.2 Å². The van der Waals surface area contributed by atoms with Crippen molar-refractivity contribution >= 4 is 11.8 Å². The van der Waals surface area contributed by atoms with Gasteiger partial charge in [0.25, 0.3) is 0 Å². The molecule has 1 aliphatic heterocycles. The molecule has 82 valence electrons. The Hall–Kier alpha value is 0.270. The molecule has 0 amide bonds. The van der Waals surface area contributed by atoms with Crippen LogP contribution in [0.4, 0.5) is 0 Å². The van der Waals surface area contributed by atoms with Crippen LogP contribution in [-0.2, 0) is 0 Å². The van der Waals surface area contributed by atoms with Gasteiger partial charge >= 0.3 is 0 Å². The molecule has 2 aliphatic rings. The van der Waals surface area contributed by atoms with Crippen molar-refractivity contribution in [3.05, 3.63) is 0 Å². The highest BCUT2D eigenvalue weighted by Crippen LogP contribution is 2.43. The summed E-state index contributed by atoms with van der Waals surface area (Å²) in [5.41, 5.74) is 0.460. The zero-order valence-corrected chi connectivity index (χ0v) is 9.61. The average Bonchev–Trinajstić information content (AvgIpc) is 2.62. The fourth-order valence-corrected chi connectivity index (χ4v) is 3.67. The quantitative estimate of drug-likeness (QED) is 0.731. The molecule has 0 aromatic carbocycles. The summed E-state index contributed by atoms with van der Waals surface area (Å²) in [7, 11) is 0. The van der Waals surface area contributed by atoms with E-state index in [1.807, 2.05) is 0 Å². The highest BCUT2D eigenvalue weighted by Gasteiger charge is 2.36. The van der Waals surface area contributed by atoms with Gasteiger partial charge in [-0.1, -0.05) is 6.42 Å². The predicted molar refractivity (Wildman–Crippen MR) is 61.7 cm³/mol. The molecular weight excluding hydrogens is 194 g/mol. The second-order valence-electron chi connectivity index (χ2n) is 4.77. The molecule has 2 rings (SSSR count). The van der Waals surface area contributed by atoms with Crippen LogP contribution < -0.4 is 5.32 Å². The highest BCUT2D eigenvalue weighted by molar-refractivity contribution is 7.99. The second kappa shape index (κ2) is 4.86. The van der Waals surface area contributed by atoms with Crippen LogP contribution in [0.3, 0.4) is 0 Å². The zero-order chi connectivity index (χ0) is 9.86. The molecule has 1 atom stereocenters. The van der Waals surface area contributed by atoms with Gasteiger partial charge in [-0.3, -0.25) is 0 Å². The molecule has 0 aromatic heterocycles. The topological polar surface area (TPSA) is 32.3 Å². The SMILES string of the molecule is OCCC1(CNC2CCSC2)CCC1. The maximum Gasteiger partial charge on any atom is 0.0436 e. The van der Waals surface area contributed by atoms with Crippen LogP contribution in [0.25, 0.3) is 0 Å². The summed E-state index contributed by atoms with van der Waals surface area (Å²) < 4.78 is 0. The number of rotatable bonds is 5. The van der Waals surface area contributed by atoms with Crippen LogP contribution in [0.1, 0.15) is 32.1 Å².